The Balaban J connectivity index is 0.00000192. The summed E-state index contributed by atoms with van der Waals surface area (Å²) in [4.78, 5) is 14.5. The SMILES string of the molecule is CC(N)C1CCN(C(=O)c2ccc(-n3cccn3)cc2)CC1.Cl. The van der Waals surface area contributed by atoms with Gasteiger partial charge in [0.2, 0.25) is 0 Å². The Morgan fingerprint density at radius 1 is 1.26 bits per heavy atom. The van der Waals surface area contributed by atoms with Crippen LogP contribution in [0, 0.1) is 5.92 Å². The Morgan fingerprint density at radius 3 is 2.43 bits per heavy atom. The molecule has 1 aliphatic rings. The molecule has 2 N–H and O–H groups in total. The highest BCUT2D eigenvalue weighted by atomic mass is 35.5. The van der Waals surface area contributed by atoms with Gasteiger partial charge in [0.15, 0.2) is 0 Å². The molecule has 5 nitrogen and oxygen atoms in total. The van der Waals surface area contributed by atoms with Crippen LogP contribution in [-0.4, -0.2) is 39.7 Å². The van der Waals surface area contributed by atoms with Crippen LogP contribution in [0.3, 0.4) is 0 Å². The number of halogens is 1. The van der Waals surface area contributed by atoms with Crippen molar-refractivity contribution in [3.8, 4) is 5.69 Å². The summed E-state index contributed by atoms with van der Waals surface area (Å²) in [7, 11) is 0. The van der Waals surface area contributed by atoms with Crippen molar-refractivity contribution in [3.63, 3.8) is 0 Å². The molecule has 0 saturated carbocycles. The summed E-state index contributed by atoms with van der Waals surface area (Å²) >= 11 is 0. The summed E-state index contributed by atoms with van der Waals surface area (Å²) in [6, 6.07) is 9.69. The third kappa shape index (κ3) is 3.92. The summed E-state index contributed by atoms with van der Waals surface area (Å²) < 4.78 is 1.78. The van der Waals surface area contributed by atoms with E-state index < -0.39 is 0 Å². The van der Waals surface area contributed by atoms with E-state index in [9.17, 15) is 4.79 Å². The number of carbonyl (C=O) groups is 1. The van der Waals surface area contributed by atoms with Crippen LogP contribution in [0.2, 0.25) is 0 Å². The van der Waals surface area contributed by atoms with Crippen molar-refractivity contribution >= 4 is 18.3 Å². The van der Waals surface area contributed by atoms with Crippen molar-refractivity contribution in [2.45, 2.75) is 25.8 Å². The summed E-state index contributed by atoms with van der Waals surface area (Å²) in [5.41, 5.74) is 7.64. The van der Waals surface area contributed by atoms with Crippen LogP contribution >= 0.6 is 12.4 Å². The first-order valence-corrected chi connectivity index (χ1v) is 7.80. The minimum absolute atomic E-state index is 0. The zero-order valence-corrected chi connectivity index (χ0v) is 14.1. The van der Waals surface area contributed by atoms with Crippen molar-refractivity contribution in [3.05, 3.63) is 48.3 Å². The number of aromatic nitrogens is 2. The van der Waals surface area contributed by atoms with Gasteiger partial charge in [-0.15, -0.1) is 12.4 Å². The maximum Gasteiger partial charge on any atom is 0.253 e. The van der Waals surface area contributed by atoms with Crippen molar-refractivity contribution in [2.24, 2.45) is 11.7 Å². The molecule has 3 rings (SSSR count). The first-order chi connectivity index (χ1) is 10.6. The van der Waals surface area contributed by atoms with E-state index in [1.54, 1.807) is 10.9 Å². The van der Waals surface area contributed by atoms with Gasteiger partial charge < -0.3 is 10.6 Å². The number of carbonyl (C=O) groups excluding carboxylic acids is 1. The Labute approximate surface area is 142 Å². The molecule has 2 aromatic rings. The molecule has 1 atom stereocenters. The molecular formula is C17H23ClN4O. The molecule has 124 valence electrons. The average molecular weight is 335 g/mol. The van der Waals surface area contributed by atoms with Gasteiger partial charge in [0.05, 0.1) is 5.69 Å². The molecule has 1 aliphatic heterocycles. The minimum atomic E-state index is 0. The summed E-state index contributed by atoms with van der Waals surface area (Å²) in [6.07, 6.45) is 5.61. The Morgan fingerprint density at radius 2 is 1.91 bits per heavy atom. The predicted octanol–water partition coefficient (Wildman–Crippen LogP) is 2.49. The molecule has 1 aromatic carbocycles. The van der Waals surface area contributed by atoms with Gasteiger partial charge in [0, 0.05) is 37.1 Å². The number of hydrogen-bond acceptors (Lipinski definition) is 3. The van der Waals surface area contributed by atoms with E-state index in [4.69, 9.17) is 5.73 Å². The molecule has 6 heteroatoms. The molecule has 1 amide bonds. The lowest BCUT2D eigenvalue weighted by Crippen LogP contribution is -2.42. The minimum Gasteiger partial charge on any atom is -0.339 e. The van der Waals surface area contributed by atoms with Gasteiger partial charge in [-0.3, -0.25) is 4.79 Å². The number of likely N-dealkylation sites (tertiary alicyclic amines) is 1. The molecule has 23 heavy (non-hydrogen) atoms. The molecule has 0 aliphatic carbocycles. The number of piperidine rings is 1. The van der Waals surface area contributed by atoms with E-state index in [1.165, 1.54) is 0 Å². The second-order valence-corrected chi connectivity index (χ2v) is 5.99. The van der Waals surface area contributed by atoms with Gasteiger partial charge in [-0.1, -0.05) is 0 Å². The first kappa shape index (κ1) is 17.5. The van der Waals surface area contributed by atoms with Crippen LogP contribution in [0.15, 0.2) is 42.7 Å². The van der Waals surface area contributed by atoms with Crippen LogP contribution < -0.4 is 5.73 Å². The van der Waals surface area contributed by atoms with Crippen LogP contribution in [-0.2, 0) is 0 Å². The van der Waals surface area contributed by atoms with Gasteiger partial charge in [0.25, 0.3) is 5.91 Å². The van der Waals surface area contributed by atoms with Crippen LogP contribution in [0.5, 0.6) is 0 Å². The van der Waals surface area contributed by atoms with Gasteiger partial charge >= 0.3 is 0 Å². The summed E-state index contributed by atoms with van der Waals surface area (Å²) in [5, 5.41) is 4.19. The van der Waals surface area contributed by atoms with E-state index in [-0.39, 0.29) is 24.4 Å². The Bertz CT molecular complexity index is 617. The van der Waals surface area contributed by atoms with Gasteiger partial charge in [-0.2, -0.15) is 5.10 Å². The highest BCUT2D eigenvalue weighted by Crippen LogP contribution is 2.21. The van der Waals surface area contributed by atoms with E-state index in [0.717, 1.165) is 37.2 Å². The molecule has 1 aromatic heterocycles. The van der Waals surface area contributed by atoms with E-state index in [0.29, 0.717) is 5.92 Å². The van der Waals surface area contributed by atoms with Gasteiger partial charge in [-0.25, -0.2) is 4.68 Å². The second kappa shape index (κ2) is 7.62. The highest BCUT2D eigenvalue weighted by molar-refractivity contribution is 5.94. The van der Waals surface area contributed by atoms with Crippen molar-refractivity contribution < 1.29 is 4.79 Å². The fourth-order valence-corrected chi connectivity index (χ4v) is 2.99. The smallest absolute Gasteiger partial charge is 0.253 e. The maximum absolute atomic E-state index is 12.5. The molecule has 0 radical (unpaired) electrons. The normalized spacial score (nSPS) is 16.7. The van der Waals surface area contributed by atoms with Crippen LogP contribution in [0.1, 0.15) is 30.1 Å². The molecule has 1 fully saturated rings. The lowest BCUT2D eigenvalue weighted by molar-refractivity contribution is 0.0681. The Hall–Kier alpha value is -1.85. The number of nitrogens with zero attached hydrogens (tertiary/aromatic N) is 3. The standard InChI is InChI=1S/C17H22N4O.ClH/c1-13(18)14-7-11-20(12-8-14)17(22)15-3-5-16(6-4-15)21-10-2-9-19-21;/h2-6,9-10,13-14H,7-8,11-12,18H2,1H3;1H. The fourth-order valence-electron chi connectivity index (χ4n) is 2.99. The fraction of sp³-hybridized carbons (Fsp3) is 0.412. The largest absolute Gasteiger partial charge is 0.339 e. The third-order valence-electron chi connectivity index (χ3n) is 4.45. The van der Waals surface area contributed by atoms with Crippen molar-refractivity contribution in [2.75, 3.05) is 13.1 Å². The van der Waals surface area contributed by atoms with E-state index in [2.05, 4.69) is 12.0 Å². The quantitative estimate of drug-likeness (QED) is 0.938. The zero-order valence-electron chi connectivity index (χ0n) is 13.3. The zero-order chi connectivity index (χ0) is 15.5. The predicted molar refractivity (Wildman–Crippen MR) is 93.1 cm³/mol. The molecule has 0 bridgehead atoms. The molecule has 2 heterocycles. The van der Waals surface area contributed by atoms with Crippen LogP contribution in [0.4, 0.5) is 0 Å². The monoisotopic (exact) mass is 334 g/mol. The van der Waals surface area contributed by atoms with Gasteiger partial charge in [0.1, 0.15) is 0 Å². The highest BCUT2D eigenvalue weighted by Gasteiger charge is 2.25. The Kier molecular flexibility index (Phi) is 5.80. The lowest BCUT2D eigenvalue weighted by Gasteiger charge is -2.33. The third-order valence-corrected chi connectivity index (χ3v) is 4.45. The number of amides is 1. The number of benzene rings is 1. The van der Waals surface area contributed by atoms with E-state index in [1.807, 2.05) is 41.4 Å². The average Bonchev–Trinajstić information content (AvgIpc) is 3.09. The molecule has 0 spiro atoms. The molecular weight excluding hydrogens is 312 g/mol. The van der Waals surface area contributed by atoms with Crippen molar-refractivity contribution in [1.82, 2.24) is 14.7 Å². The van der Waals surface area contributed by atoms with Crippen LogP contribution in [0.25, 0.3) is 5.69 Å². The summed E-state index contributed by atoms with van der Waals surface area (Å²) in [5.74, 6) is 0.640. The molecule has 1 unspecified atom stereocenters. The maximum atomic E-state index is 12.5. The number of hydrogen-bond donors (Lipinski definition) is 1. The van der Waals surface area contributed by atoms with Gasteiger partial charge in [-0.05, 0) is 56.0 Å². The lowest BCUT2D eigenvalue weighted by atomic mass is 9.90. The summed E-state index contributed by atoms with van der Waals surface area (Å²) in [6.45, 7) is 3.65. The number of nitrogens with two attached hydrogens (primary N) is 1. The first-order valence-electron chi connectivity index (χ1n) is 7.80. The van der Waals surface area contributed by atoms with Crippen molar-refractivity contribution in [1.29, 1.82) is 0 Å². The number of rotatable bonds is 3. The topological polar surface area (TPSA) is 64.2 Å². The second-order valence-electron chi connectivity index (χ2n) is 5.99. The molecule has 1 saturated heterocycles. The van der Waals surface area contributed by atoms with E-state index >= 15 is 0 Å².